The van der Waals surface area contributed by atoms with Gasteiger partial charge in [0.15, 0.2) is 0 Å². The molecule has 0 aliphatic carbocycles. The van der Waals surface area contributed by atoms with Crippen molar-refractivity contribution in [1.82, 2.24) is 14.8 Å². The molecule has 0 spiro atoms. The van der Waals surface area contributed by atoms with Crippen molar-refractivity contribution in [2.45, 2.75) is 26.3 Å². The van der Waals surface area contributed by atoms with Gasteiger partial charge in [-0.25, -0.2) is 4.68 Å². The van der Waals surface area contributed by atoms with Crippen LogP contribution in [0.5, 0.6) is 0 Å². The van der Waals surface area contributed by atoms with E-state index in [1.165, 1.54) is 6.33 Å². The highest BCUT2D eigenvalue weighted by molar-refractivity contribution is 6.35. The van der Waals surface area contributed by atoms with Crippen LogP contribution in [0.1, 0.15) is 31.9 Å². The summed E-state index contributed by atoms with van der Waals surface area (Å²) in [6, 6.07) is 4.73. The van der Waals surface area contributed by atoms with Crippen LogP contribution in [0.3, 0.4) is 0 Å². The number of fused-ring (bicyclic) bond motifs is 1. The molecule has 3 rings (SSSR count). The van der Waals surface area contributed by atoms with Crippen molar-refractivity contribution < 1.29 is 9.53 Å². The highest BCUT2D eigenvalue weighted by Gasteiger charge is 2.41. The minimum atomic E-state index is -0.604. The molecule has 1 aliphatic rings. The molecule has 0 saturated carbocycles. The van der Waals surface area contributed by atoms with Crippen LogP contribution in [0, 0.1) is 5.92 Å². The van der Waals surface area contributed by atoms with Gasteiger partial charge in [0.25, 0.3) is 0 Å². The quantitative estimate of drug-likeness (QED) is 0.809. The van der Waals surface area contributed by atoms with Gasteiger partial charge in [-0.2, -0.15) is 10.1 Å². The van der Waals surface area contributed by atoms with Crippen molar-refractivity contribution in [2.24, 2.45) is 5.92 Å². The van der Waals surface area contributed by atoms with E-state index in [4.69, 9.17) is 27.9 Å². The zero-order valence-corrected chi connectivity index (χ0v) is 15.4. The summed E-state index contributed by atoms with van der Waals surface area (Å²) in [5.74, 6) is -0.393. The Hall–Kier alpha value is -2.05. The standard InChI is InChI=1S/C17H18Cl2N4O2/c1-3-5-13-14(16(24)25-4-2)15(23-17(22-13)20-9-21-23)11-7-6-10(18)8-12(11)19/h5-9,14-15H,3-4H2,1-2H3,(H,20,21,22)/b13-5-/t14-,15+/m1/s1. The lowest BCUT2D eigenvalue weighted by Crippen LogP contribution is -2.38. The van der Waals surface area contributed by atoms with Gasteiger partial charge in [0.1, 0.15) is 18.3 Å². The molecule has 0 saturated heterocycles. The third-order valence-corrected chi connectivity index (χ3v) is 4.55. The molecule has 2 atom stereocenters. The summed E-state index contributed by atoms with van der Waals surface area (Å²) in [7, 11) is 0. The Labute approximate surface area is 155 Å². The molecule has 0 fully saturated rings. The topological polar surface area (TPSA) is 69.0 Å². The number of esters is 1. The number of hydrogen-bond donors (Lipinski definition) is 1. The van der Waals surface area contributed by atoms with Crippen molar-refractivity contribution in [3.8, 4) is 0 Å². The zero-order chi connectivity index (χ0) is 18.0. The summed E-state index contributed by atoms with van der Waals surface area (Å²) < 4.78 is 6.97. The molecule has 25 heavy (non-hydrogen) atoms. The molecule has 0 unspecified atom stereocenters. The maximum absolute atomic E-state index is 12.7. The van der Waals surface area contributed by atoms with Crippen LogP contribution in [0.2, 0.25) is 10.0 Å². The van der Waals surface area contributed by atoms with E-state index in [9.17, 15) is 4.79 Å². The van der Waals surface area contributed by atoms with Crippen LogP contribution in [0.4, 0.5) is 5.95 Å². The number of ether oxygens (including phenoxy) is 1. The summed E-state index contributed by atoms with van der Waals surface area (Å²) in [4.78, 5) is 17.0. The van der Waals surface area contributed by atoms with E-state index in [0.717, 1.165) is 17.7 Å². The fourth-order valence-corrected chi connectivity index (χ4v) is 3.52. The van der Waals surface area contributed by atoms with Crippen LogP contribution >= 0.6 is 23.2 Å². The van der Waals surface area contributed by atoms with E-state index >= 15 is 0 Å². The fraction of sp³-hybridized carbons (Fsp3) is 0.353. The van der Waals surface area contributed by atoms with Crippen molar-refractivity contribution >= 4 is 35.1 Å². The van der Waals surface area contributed by atoms with Gasteiger partial charge in [0.2, 0.25) is 5.95 Å². The predicted octanol–water partition coefficient (Wildman–Crippen LogP) is 4.07. The van der Waals surface area contributed by atoms with E-state index in [0.29, 0.717) is 22.6 Å². The van der Waals surface area contributed by atoms with E-state index in [1.54, 1.807) is 23.7 Å². The molecule has 0 bridgehead atoms. The molecule has 1 N–H and O–H groups in total. The maximum Gasteiger partial charge on any atom is 0.317 e. The lowest BCUT2D eigenvalue weighted by molar-refractivity contribution is -0.147. The second-order valence-corrected chi connectivity index (χ2v) is 6.40. The monoisotopic (exact) mass is 380 g/mol. The number of allylic oxidation sites excluding steroid dienone is 1. The molecule has 1 aromatic carbocycles. The van der Waals surface area contributed by atoms with Gasteiger partial charge in [-0.3, -0.25) is 4.79 Å². The van der Waals surface area contributed by atoms with Crippen molar-refractivity contribution in [2.75, 3.05) is 11.9 Å². The fourth-order valence-electron chi connectivity index (χ4n) is 3.00. The number of carbonyl (C=O) groups is 1. The summed E-state index contributed by atoms with van der Waals surface area (Å²) in [6.45, 7) is 4.07. The van der Waals surface area contributed by atoms with Crippen LogP contribution in [0.25, 0.3) is 0 Å². The van der Waals surface area contributed by atoms with Gasteiger partial charge >= 0.3 is 5.97 Å². The SMILES string of the molecule is CC/C=C1\Nc2ncnn2[C@@H](c2ccc(Cl)cc2Cl)[C@@H]1C(=O)OCC. The third kappa shape index (κ3) is 3.37. The minimum absolute atomic E-state index is 0.292. The molecule has 8 heteroatoms. The average molecular weight is 381 g/mol. The lowest BCUT2D eigenvalue weighted by atomic mass is 9.88. The van der Waals surface area contributed by atoms with E-state index < -0.39 is 12.0 Å². The molecule has 2 heterocycles. The number of anilines is 1. The molecular weight excluding hydrogens is 363 g/mol. The molecule has 2 aromatic rings. The molecule has 1 aromatic heterocycles. The van der Waals surface area contributed by atoms with E-state index in [2.05, 4.69) is 15.4 Å². The molecule has 132 valence electrons. The van der Waals surface area contributed by atoms with Crippen molar-refractivity contribution in [1.29, 1.82) is 0 Å². The number of aromatic nitrogens is 3. The Morgan fingerprint density at radius 2 is 2.20 bits per heavy atom. The number of hydrogen-bond acceptors (Lipinski definition) is 5. The first kappa shape index (κ1) is 17.8. The van der Waals surface area contributed by atoms with E-state index in [-0.39, 0.29) is 5.97 Å². The predicted molar refractivity (Wildman–Crippen MR) is 96.7 cm³/mol. The molecule has 6 nitrogen and oxygen atoms in total. The van der Waals surface area contributed by atoms with Crippen LogP contribution in [-0.4, -0.2) is 27.3 Å². The number of rotatable bonds is 4. The molecule has 0 radical (unpaired) electrons. The summed E-state index contributed by atoms with van der Waals surface area (Å²) in [6.07, 6.45) is 4.15. The molecule has 0 amide bonds. The maximum atomic E-state index is 12.7. The summed E-state index contributed by atoms with van der Waals surface area (Å²) in [5.41, 5.74) is 1.47. The smallest absolute Gasteiger partial charge is 0.317 e. The normalized spacial score (nSPS) is 20.9. The first-order valence-corrected chi connectivity index (χ1v) is 8.80. The Bertz CT molecular complexity index is 819. The average Bonchev–Trinajstić information content (AvgIpc) is 3.02. The van der Waals surface area contributed by atoms with Crippen LogP contribution in [-0.2, 0) is 9.53 Å². The summed E-state index contributed by atoms with van der Waals surface area (Å²) >= 11 is 12.5. The number of nitrogens with one attached hydrogen (secondary N) is 1. The number of nitrogens with zero attached hydrogens (tertiary/aromatic N) is 3. The van der Waals surface area contributed by atoms with Gasteiger partial charge in [-0.15, -0.1) is 0 Å². The molecule has 1 aliphatic heterocycles. The van der Waals surface area contributed by atoms with Gasteiger partial charge in [0, 0.05) is 15.7 Å². The van der Waals surface area contributed by atoms with Crippen molar-refractivity contribution in [3.63, 3.8) is 0 Å². The largest absolute Gasteiger partial charge is 0.465 e. The first-order chi connectivity index (χ1) is 12.1. The Balaban J connectivity index is 2.18. The highest BCUT2D eigenvalue weighted by atomic mass is 35.5. The van der Waals surface area contributed by atoms with E-state index in [1.807, 2.05) is 19.1 Å². The zero-order valence-electron chi connectivity index (χ0n) is 13.9. The van der Waals surface area contributed by atoms with Gasteiger partial charge in [-0.1, -0.05) is 42.3 Å². The molecular formula is C17H18Cl2N4O2. The summed E-state index contributed by atoms with van der Waals surface area (Å²) in [5, 5.41) is 8.45. The first-order valence-electron chi connectivity index (χ1n) is 8.05. The van der Waals surface area contributed by atoms with Gasteiger partial charge in [0.05, 0.1) is 6.61 Å². The lowest BCUT2D eigenvalue weighted by Gasteiger charge is -2.34. The van der Waals surface area contributed by atoms with Gasteiger partial charge in [-0.05, 0) is 31.0 Å². The third-order valence-electron chi connectivity index (χ3n) is 3.99. The number of benzene rings is 1. The second kappa shape index (κ2) is 7.45. The van der Waals surface area contributed by atoms with Crippen LogP contribution < -0.4 is 5.32 Å². The second-order valence-electron chi connectivity index (χ2n) is 5.56. The van der Waals surface area contributed by atoms with Crippen LogP contribution in [0.15, 0.2) is 36.3 Å². The van der Waals surface area contributed by atoms with Gasteiger partial charge < -0.3 is 10.1 Å². The van der Waals surface area contributed by atoms with Crippen molar-refractivity contribution in [3.05, 3.63) is 51.9 Å². The highest BCUT2D eigenvalue weighted by Crippen LogP contribution is 2.41. The minimum Gasteiger partial charge on any atom is -0.465 e. The number of halogens is 2. The Kier molecular flexibility index (Phi) is 5.30. The number of carbonyl (C=O) groups excluding carboxylic acids is 1. The Morgan fingerprint density at radius 1 is 1.40 bits per heavy atom. The Morgan fingerprint density at radius 3 is 2.88 bits per heavy atom.